The molecule has 2 fully saturated rings. The van der Waals surface area contributed by atoms with Gasteiger partial charge in [-0.2, -0.15) is 0 Å². The summed E-state index contributed by atoms with van der Waals surface area (Å²) in [6.07, 6.45) is 8.43. The predicted octanol–water partition coefficient (Wildman–Crippen LogP) is 1.84. The van der Waals surface area contributed by atoms with Crippen LogP contribution in [-0.4, -0.2) is 50.1 Å². The first-order valence-electron chi connectivity index (χ1n) is 9.36. The van der Waals surface area contributed by atoms with E-state index in [9.17, 15) is 13.2 Å². The van der Waals surface area contributed by atoms with Gasteiger partial charge in [0.05, 0.1) is 11.5 Å². The van der Waals surface area contributed by atoms with Crippen LogP contribution in [0.1, 0.15) is 44.1 Å². The number of sulfone groups is 1. The number of hydrogen-bond acceptors (Lipinski definition) is 5. The summed E-state index contributed by atoms with van der Waals surface area (Å²) >= 11 is 0. The number of aromatic nitrogens is 1. The zero-order chi connectivity index (χ0) is 18.6. The number of pyridine rings is 1. The third kappa shape index (κ3) is 4.87. The summed E-state index contributed by atoms with van der Waals surface area (Å²) in [5.74, 6) is 1.09. The number of carbonyl (C=O) groups is 1. The highest BCUT2D eigenvalue weighted by atomic mass is 32.2. The summed E-state index contributed by atoms with van der Waals surface area (Å²) in [5, 5.41) is 5.59. The molecule has 144 valence electrons. The van der Waals surface area contributed by atoms with Crippen molar-refractivity contribution in [3.05, 3.63) is 23.9 Å². The largest absolute Gasteiger partial charge is 0.356 e. The minimum atomic E-state index is -3.00. The van der Waals surface area contributed by atoms with Crippen LogP contribution in [0.5, 0.6) is 0 Å². The minimum Gasteiger partial charge on any atom is -0.356 e. The second-order valence-electron chi connectivity index (χ2n) is 7.32. The Hall–Kier alpha value is -1.83. The van der Waals surface area contributed by atoms with E-state index in [1.165, 1.54) is 32.1 Å². The number of rotatable bonds is 5. The van der Waals surface area contributed by atoms with E-state index in [0.29, 0.717) is 19.0 Å². The fourth-order valence-electron chi connectivity index (χ4n) is 3.85. The number of carbonyl (C=O) groups excluding carboxylic acids is 1. The van der Waals surface area contributed by atoms with Crippen molar-refractivity contribution < 1.29 is 13.2 Å². The Morgan fingerprint density at radius 1 is 1.27 bits per heavy atom. The molecule has 1 aromatic heterocycles. The van der Waals surface area contributed by atoms with Crippen molar-refractivity contribution in [2.24, 2.45) is 0 Å². The standard InChI is InChI=1S/C18H28N4O3S/c1-22(16-7-3-2-4-8-16)17-14(6-5-10-19-17)12-20-18(23)21-15-9-11-26(24,25)13-15/h5-6,10,15-16H,2-4,7-9,11-13H2,1H3,(H2,20,21,23)/t15-/m1/s1. The maximum absolute atomic E-state index is 12.1. The van der Waals surface area contributed by atoms with E-state index in [2.05, 4.69) is 27.6 Å². The summed E-state index contributed by atoms with van der Waals surface area (Å²) in [5.41, 5.74) is 0.967. The lowest BCUT2D eigenvalue weighted by Gasteiger charge is -2.33. The van der Waals surface area contributed by atoms with Crippen LogP contribution >= 0.6 is 0 Å². The van der Waals surface area contributed by atoms with Gasteiger partial charge in [0.15, 0.2) is 9.84 Å². The maximum atomic E-state index is 12.1. The number of nitrogens with zero attached hydrogens (tertiary/aromatic N) is 2. The molecule has 1 aliphatic heterocycles. The highest BCUT2D eigenvalue weighted by Gasteiger charge is 2.29. The zero-order valence-corrected chi connectivity index (χ0v) is 16.1. The lowest BCUT2D eigenvalue weighted by molar-refractivity contribution is 0.237. The van der Waals surface area contributed by atoms with Gasteiger partial charge in [0.25, 0.3) is 0 Å². The number of urea groups is 1. The van der Waals surface area contributed by atoms with E-state index < -0.39 is 9.84 Å². The molecule has 26 heavy (non-hydrogen) atoms. The molecule has 0 aromatic carbocycles. The van der Waals surface area contributed by atoms with Crippen molar-refractivity contribution in [1.29, 1.82) is 0 Å². The SMILES string of the molecule is CN(c1ncccc1CNC(=O)N[C@@H]1CCS(=O)(=O)C1)C1CCCCC1. The molecule has 1 aliphatic carbocycles. The summed E-state index contributed by atoms with van der Waals surface area (Å²) in [6, 6.07) is 3.72. The Balaban J connectivity index is 1.57. The molecule has 7 nitrogen and oxygen atoms in total. The van der Waals surface area contributed by atoms with Crippen molar-refractivity contribution in [1.82, 2.24) is 15.6 Å². The van der Waals surface area contributed by atoms with Gasteiger partial charge >= 0.3 is 6.03 Å². The van der Waals surface area contributed by atoms with Gasteiger partial charge in [-0.25, -0.2) is 18.2 Å². The van der Waals surface area contributed by atoms with E-state index in [1.54, 1.807) is 6.20 Å². The minimum absolute atomic E-state index is 0.0307. The van der Waals surface area contributed by atoms with Gasteiger partial charge in [0.1, 0.15) is 5.82 Å². The van der Waals surface area contributed by atoms with E-state index in [4.69, 9.17) is 0 Å². The molecule has 3 rings (SSSR count). The molecule has 0 bridgehead atoms. The first-order chi connectivity index (χ1) is 12.4. The topological polar surface area (TPSA) is 91.4 Å². The molecule has 2 amide bonds. The Labute approximate surface area is 155 Å². The third-order valence-electron chi connectivity index (χ3n) is 5.33. The second-order valence-corrected chi connectivity index (χ2v) is 9.54. The average Bonchev–Trinajstić information content (AvgIpc) is 2.98. The van der Waals surface area contributed by atoms with Gasteiger partial charge in [-0.05, 0) is 25.3 Å². The molecule has 2 heterocycles. The van der Waals surface area contributed by atoms with Crippen LogP contribution < -0.4 is 15.5 Å². The second kappa shape index (κ2) is 8.24. The molecular formula is C18H28N4O3S. The van der Waals surface area contributed by atoms with Crippen LogP contribution in [0.25, 0.3) is 0 Å². The van der Waals surface area contributed by atoms with Gasteiger partial charge < -0.3 is 15.5 Å². The molecule has 1 saturated carbocycles. The molecule has 1 atom stereocenters. The van der Waals surface area contributed by atoms with Crippen molar-refractivity contribution >= 4 is 21.7 Å². The van der Waals surface area contributed by atoms with Crippen molar-refractivity contribution in [3.63, 3.8) is 0 Å². The Morgan fingerprint density at radius 3 is 2.73 bits per heavy atom. The van der Waals surface area contributed by atoms with Gasteiger partial charge in [0.2, 0.25) is 0 Å². The molecule has 0 radical (unpaired) electrons. The quantitative estimate of drug-likeness (QED) is 0.813. The summed E-state index contributed by atoms with van der Waals surface area (Å²) in [7, 11) is -0.923. The van der Waals surface area contributed by atoms with Gasteiger partial charge in [-0.1, -0.05) is 25.3 Å². The Morgan fingerprint density at radius 2 is 2.04 bits per heavy atom. The van der Waals surface area contributed by atoms with Crippen LogP contribution in [0.3, 0.4) is 0 Å². The monoisotopic (exact) mass is 380 g/mol. The number of hydrogen-bond donors (Lipinski definition) is 2. The van der Waals surface area contributed by atoms with Crippen LogP contribution in [0, 0.1) is 0 Å². The predicted molar refractivity (Wildman–Crippen MR) is 102 cm³/mol. The maximum Gasteiger partial charge on any atom is 0.315 e. The highest BCUT2D eigenvalue weighted by molar-refractivity contribution is 7.91. The Kier molecular flexibility index (Phi) is 6.01. The molecule has 0 unspecified atom stereocenters. The molecule has 2 aliphatic rings. The highest BCUT2D eigenvalue weighted by Crippen LogP contribution is 2.26. The van der Waals surface area contributed by atoms with Crippen molar-refractivity contribution in [2.75, 3.05) is 23.5 Å². The molecule has 2 N–H and O–H groups in total. The summed E-state index contributed by atoms with van der Waals surface area (Å²) in [6.45, 7) is 0.367. The summed E-state index contributed by atoms with van der Waals surface area (Å²) < 4.78 is 23.0. The average molecular weight is 381 g/mol. The first kappa shape index (κ1) is 18.9. The van der Waals surface area contributed by atoms with Crippen LogP contribution in [0.4, 0.5) is 10.6 Å². The Bertz CT molecular complexity index is 732. The van der Waals surface area contributed by atoms with E-state index in [1.807, 2.05) is 12.1 Å². The fourth-order valence-corrected chi connectivity index (χ4v) is 5.52. The number of nitrogens with one attached hydrogen (secondary N) is 2. The molecule has 0 spiro atoms. The lowest BCUT2D eigenvalue weighted by atomic mass is 9.94. The normalized spacial score (nSPS) is 22.7. The zero-order valence-electron chi connectivity index (χ0n) is 15.3. The number of anilines is 1. The lowest BCUT2D eigenvalue weighted by Crippen LogP contribution is -2.42. The van der Waals surface area contributed by atoms with Gasteiger partial charge in [-0.15, -0.1) is 0 Å². The van der Waals surface area contributed by atoms with Crippen LogP contribution in [0.15, 0.2) is 18.3 Å². The number of amides is 2. The fraction of sp³-hybridized carbons (Fsp3) is 0.667. The van der Waals surface area contributed by atoms with Gasteiger partial charge in [-0.3, -0.25) is 0 Å². The molecule has 1 saturated heterocycles. The molecule has 8 heteroatoms. The van der Waals surface area contributed by atoms with Crippen LogP contribution in [-0.2, 0) is 16.4 Å². The summed E-state index contributed by atoms with van der Waals surface area (Å²) in [4.78, 5) is 18.9. The smallest absolute Gasteiger partial charge is 0.315 e. The van der Waals surface area contributed by atoms with Crippen molar-refractivity contribution in [3.8, 4) is 0 Å². The first-order valence-corrected chi connectivity index (χ1v) is 11.2. The van der Waals surface area contributed by atoms with E-state index in [0.717, 1.165) is 11.4 Å². The van der Waals surface area contributed by atoms with E-state index in [-0.39, 0.29) is 23.6 Å². The van der Waals surface area contributed by atoms with Crippen LogP contribution in [0.2, 0.25) is 0 Å². The molecule has 1 aromatic rings. The third-order valence-corrected chi connectivity index (χ3v) is 7.10. The molecular weight excluding hydrogens is 352 g/mol. The van der Waals surface area contributed by atoms with Crippen molar-refractivity contribution in [2.45, 2.75) is 57.2 Å². The van der Waals surface area contributed by atoms with E-state index >= 15 is 0 Å². The van der Waals surface area contributed by atoms with Gasteiger partial charge in [0, 0.05) is 37.4 Å².